The van der Waals surface area contributed by atoms with E-state index in [1.807, 2.05) is 31.2 Å². The fourth-order valence-electron chi connectivity index (χ4n) is 3.08. The molecule has 0 saturated carbocycles. The second kappa shape index (κ2) is 9.21. The highest BCUT2D eigenvalue weighted by molar-refractivity contribution is 6.01. The molecule has 148 valence electrons. The van der Waals surface area contributed by atoms with Gasteiger partial charge in [-0.15, -0.1) is 0 Å². The van der Waals surface area contributed by atoms with Gasteiger partial charge in [0.1, 0.15) is 11.6 Å². The number of carbonyl (C=O) groups is 1. The van der Waals surface area contributed by atoms with Crippen molar-refractivity contribution in [2.24, 2.45) is 5.16 Å². The maximum atomic E-state index is 13.5. The summed E-state index contributed by atoms with van der Waals surface area (Å²) in [5.41, 5.74) is 2.33. The molecular formula is C21H24FN3O3. The van der Waals surface area contributed by atoms with Crippen LogP contribution in [0.4, 0.5) is 9.18 Å². The number of nitrogens with zero attached hydrogens (tertiary/aromatic N) is 2. The van der Waals surface area contributed by atoms with Crippen LogP contribution in [0.3, 0.4) is 0 Å². The molecule has 2 aromatic rings. The van der Waals surface area contributed by atoms with Crippen LogP contribution in [0.1, 0.15) is 24.5 Å². The van der Waals surface area contributed by atoms with Crippen LogP contribution >= 0.6 is 0 Å². The molecule has 2 aromatic carbocycles. The van der Waals surface area contributed by atoms with Crippen molar-refractivity contribution >= 4 is 11.7 Å². The molecule has 0 unspecified atom stereocenters. The van der Waals surface area contributed by atoms with Gasteiger partial charge in [0.2, 0.25) is 0 Å². The van der Waals surface area contributed by atoms with Gasteiger partial charge in [0.25, 0.3) is 0 Å². The van der Waals surface area contributed by atoms with E-state index in [-0.39, 0.29) is 18.0 Å². The van der Waals surface area contributed by atoms with E-state index in [0.717, 1.165) is 11.3 Å². The second-order valence-corrected chi connectivity index (χ2v) is 6.55. The number of methoxy groups -OCH3 is 1. The third kappa shape index (κ3) is 5.00. The first-order valence-corrected chi connectivity index (χ1v) is 9.23. The molecule has 0 spiro atoms. The van der Waals surface area contributed by atoms with Crippen LogP contribution < -0.4 is 10.1 Å². The minimum Gasteiger partial charge on any atom is -0.497 e. The zero-order valence-corrected chi connectivity index (χ0v) is 16.0. The number of halogens is 1. The van der Waals surface area contributed by atoms with Crippen molar-refractivity contribution in [3.63, 3.8) is 0 Å². The fourth-order valence-corrected chi connectivity index (χ4v) is 3.08. The summed E-state index contributed by atoms with van der Waals surface area (Å²) < 4.78 is 18.7. The highest BCUT2D eigenvalue weighted by Crippen LogP contribution is 2.20. The molecule has 28 heavy (non-hydrogen) atoms. The van der Waals surface area contributed by atoms with Crippen LogP contribution in [0.25, 0.3) is 0 Å². The van der Waals surface area contributed by atoms with Gasteiger partial charge in [0, 0.05) is 25.1 Å². The maximum Gasteiger partial charge on any atom is 0.317 e. The van der Waals surface area contributed by atoms with E-state index in [1.54, 1.807) is 24.1 Å². The Kier molecular flexibility index (Phi) is 6.47. The Bertz CT molecular complexity index is 856. The molecule has 7 heteroatoms. The van der Waals surface area contributed by atoms with E-state index >= 15 is 0 Å². The molecule has 0 aliphatic carbocycles. The van der Waals surface area contributed by atoms with Gasteiger partial charge in [-0.05, 0) is 36.8 Å². The predicted molar refractivity (Wildman–Crippen MR) is 105 cm³/mol. The number of oxime groups is 1. The lowest BCUT2D eigenvalue weighted by molar-refractivity contribution is 0.0590. The largest absolute Gasteiger partial charge is 0.497 e. The van der Waals surface area contributed by atoms with Crippen molar-refractivity contribution < 1.29 is 18.8 Å². The summed E-state index contributed by atoms with van der Waals surface area (Å²) in [6, 6.07) is 13.7. The van der Waals surface area contributed by atoms with Gasteiger partial charge >= 0.3 is 6.03 Å². The highest BCUT2D eigenvalue weighted by Gasteiger charge is 2.27. The third-order valence-corrected chi connectivity index (χ3v) is 4.44. The molecule has 1 N–H and O–H groups in total. The van der Waals surface area contributed by atoms with Gasteiger partial charge in [-0.1, -0.05) is 29.4 Å². The predicted octanol–water partition coefficient (Wildman–Crippen LogP) is 3.56. The number of benzene rings is 2. The quantitative estimate of drug-likeness (QED) is 0.793. The number of hydrogen-bond acceptors (Lipinski definition) is 4. The lowest BCUT2D eigenvalue weighted by Gasteiger charge is -2.25. The lowest BCUT2D eigenvalue weighted by Crippen LogP contribution is -2.43. The summed E-state index contributed by atoms with van der Waals surface area (Å²) in [5.74, 6) is 0.424. The second-order valence-electron chi connectivity index (χ2n) is 6.55. The molecule has 2 amide bonds. The molecule has 0 bridgehead atoms. The van der Waals surface area contributed by atoms with Gasteiger partial charge in [-0.25, -0.2) is 9.18 Å². The van der Waals surface area contributed by atoms with Gasteiger partial charge in [-0.2, -0.15) is 0 Å². The normalized spacial score (nSPS) is 15.5. The summed E-state index contributed by atoms with van der Waals surface area (Å²) in [4.78, 5) is 19.7. The summed E-state index contributed by atoms with van der Waals surface area (Å²) in [5, 5.41) is 6.92. The number of amides is 2. The molecule has 3 rings (SSSR count). The fraction of sp³-hybridized carbons (Fsp3) is 0.333. The van der Waals surface area contributed by atoms with Gasteiger partial charge in [0.05, 0.1) is 19.4 Å². The van der Waals surface area contributed by atoms with Crippen molar-refractivity contribution in [1.82, 2.24) is 10.2 Å². The van der Waals surface area contributed by atoms with Gasteiger partial charge in [-0.3, -0.25) is 0 Å². The maximum absolute atomic E-state index is 13.5. The Balaban J connectivity index is 1.67. The van der Waals surface area contributed by atoms with E-state index in [2.05, 4.69) is 10.5 Å². The first kappa shape index (κ1) is 19.7. The van der Waals surface area contributed by atoms with Crippen LogP contribution in [0.2, 0.25) is 0 Å². The number of ether oxygens (including phenoxy) is 1. The first-order chi connectivity index (χ1) is 13.6. The molecular weight excluding hydrogens is 361 g/mol. The topological polar surface area (TPSA) is 63.2 Å². The molecule has 1 heterocycles. The number of nitrogens with one attached hydrogen (secondary N) is 1. The van der Waals surface area contributed by atoms with Crippen molar-refractivity contribution in [2.45, 2.75) is 26.0 Å². The monoisotopic (exact) mass is 385 g/mol. The summed E-state index contributed by atoms with van der Waals surface area (Å²) in [6.07, 6.45) is 0.226. The average Bonchev–Trinajstić information content (AvgIpc) is 3.16. The lowest BCUT2D eigenvalue weighted by atomic mass is 10.0. The molecule has 1 atom stereocenters. The Labute approximate surface area is 163 Å². The van der Waals surface area contributed by atoms with Crippen LogP contribution in [0, 0.1) is 5.82 Å². The van der Waals surface area contributed by atoms with Crippen LogP contribution in [-0.2, 0) is 11.4 Å². The number of hydrogen-bond donors (Lipinski definition) is 1. The summed E-state index contributed by atoms with van der Waals surface area (Å²) in [7, 11) is 1.61. The van der Waals surface area contributed by atoms with E-state index in [1.165, 1.54) is 12.1 Å². The van der Waals surface area contributed by atoms with Crippen LogP contribution in [0.5, 0.6) is 5.75 Å². The molecule has 6 nitrogen and oxygen atoms in total. The van der Waals surface area contributed by atoms with E-state index in [9.17, 15) is 9.18 Å². The molecule has 0 saturated heterocycles. The summed E-state index contributed by atoms with van der Waals surface area (Å²) in [6.45, 7) is 3.19. The third-order valence-electron chi connectivity index (χ3n) is 4.44. The SMILES string of the molecule is CCNC(=O)N(Cc1cccc(OC)c1)C[C@H]1CC(c2cccc(F)c2)=NO1. The van der Waals surface area contributed by atoms with Crippen molar-refractivity contribution in [2.75, 3.05) is 20.2 Å². The Morgan fingerprint density at radius 1 is 1.32 bits per heavy atom. The Morgan fingerprint density at radius 2 is 2.14 bits per heavy atom. The number of rotatable bonds is 7. The van der Waals surface area contributed by atoms with Crippen LogP contribution in [0.15, 0.2) is 53.7 Å². The van der Waals surface area contributed by atoms with Crippen molar-refractivity contribution in [3.8, 4) is 5.75 Å². The van der Waals surface area contributed by atoms with Gasteiger partial charge < -0.3 is 19.8 Å². The number of carbonyl (C=O) groups excluding carboxylic acids is 1. The van der Waals surface area contributed by atoms with Gasteiger partial charge in [0.15, 0.2) is 6.10 Å². The number of urea groups is 1. The average molecular weight is 385 g/mol. The molecule has 0 aromatic heterocycles. The van der Waals surface area contributed by atoms with Crippen molar-refractivity contribution in [1.29, 1.82) is 0 Å². The Morgan fingerprint density at radius 3 is 2.89 bits per heavy atom. The van der Waals surface area contributed by atoms with E-state index in [4.69, 9.17) is 9.57 Å². The molecule has 1 aliphatic heterocycles. The molecule has 0 fully saturated rings. The highest BCUT2D eigenvalue weighted by atomic mass is 19.1. The Hall–Kier alpha value is -3.09. The van der Waals surface area contributed by atoms with Crippen LogP contribution in [-0.4, -0.2) is 42.9 Å². The minimum absolute atomic E-state index is 0.173. The van der Waals surface area contributed by atoms with Crippen molar-refractivity contribution in [3.05, 3.63) is 65.5 Å². The zero-order chi connectivity index (χ0) is 19.9. The molecule has 1 aliphatic rings. The van der Waals surface area contributed by atoms with E-state index < -0.39 is 0 Å². The molecule has 0 radical (unpaired) electrons. The first-order valence-electron chi connectivity index (χ1n) is 9.23. The zero-order valence-electron chi connectivity index (χ0n) is 16.0. The minimum atomic E-state index is -0.314. The standard InChI is InChI=1S/C21H24FN3O3/c1-3-23-21(26)25(13-15-6-4-9-18(10-15)27-2)14-19-12-20(24-28-19)16-7-5-8-17(22)11-16/h4-11,19H,3,12-14H2,1-2H3,(H,23,26)/t19-/m1/s1. The van der Waals surface area contributed by atoms with E-state index in [0.29, 0.717) is 37.3 Å². The summed E-state index contributed by atoms with van der Waals surface area (Å²) >= 11 is 0. The smallest absolute Gasteiger partial charge is 0.317 e.